The number of nitrogens with zero attached hydrogens (tertiary/aromatic N) is 2. The van der Waals surface area contributed by atoms with Crippen LogP contribution >= 0.6 is 0 Å². The quantitative estimate of drug-likeness (QED) is 0.838. The van der Waals surface area contributed by atoms with Gasteiger partial charge in [-0.05, 0) is 11.1 Å². The van der Waals surface area contributed by atoms with Crippen LogP contribution in [0, 0.1) is 5.92 Å². The van der Waals surface area contributed by atoms with Gasteiger partial charge >= 0.3 is 0 Å². The van der Waals surface area contributed by atoms with Crippen molar-refractivity contribution in [2.24, 2.45) is 5.92 Å². The Hall–Kier alpha value is -2.66. The van der Waals surface area contributed by atoms with E-state index >= 15 is 0 Å². The number of fused-ring (bicyclic) bond motifs is 3. The average Bonchev–Trinajstić information content (AvgIpc) is 2.88. The van der Waals surface area contributed by atoms with Crippen LogP contribution < -0.4 is 0 Å². The molecule has 0 saturated carbocycles. The summed E-state index contributed by atoms with van der Waals surface area (Å²) < 4.78 is 5.66. The van der Waals surface area contributed by atoms with Crippen LogP contribution in [0.5, 0.6) is 0 Å². The van der Waals surface area contributed by atoms with Crippen molar-refractivity contribution >= 4 is 11.8 Å². The molecule has 2 aromatic carbocycles. The lowest BCUT2D eigenvalue weighted by atomic mass is 9.89. The van der Waals surface area contributed by atoms with E-state index in [-0.39, 0.29) is 29.7 Å². The Bertz CT molecular complexity index is 769. The number of likely N-dealkylation sites (N-methyl/N-ethyl adjacent to an activating group) is 1. The second-order valence-corrected chi connectivity index (χ2v) is 7.33. The molecule has 2 saturated heterocycles. The van der Waals surface area contributed by atoms with Crippen molar-refractivity contribution in [3.05, 3.63) is 71.8 Å². The van der Waals surface area contributed by atoms with E-state index in [1.54, 1.807) is 4.90 Å². The van der Waals surface area contributed by atoms with Gasteiger partial charge in [-0.15, -0.1) is 0 Å². The first-order chi connectivity index (χ1) is 13.1. The van der Waals surface area contributed by atoms with Gasteiger partial charge in [0.15, 0.2) is 0 Å². The van der Waals surface area contributed by atoms with Crippen LogP contribution in [-0.2, 0) is 14.3 Å². The van der Waals surface area contributed by atoms with Crippen LogP contribution in [0.1, 0.15) is 17.0 Å². The Balaban J connectivity index is 1.69. The van der Waals surface area contributed by atoms with E-state index in [9.17, 15) is 9.59 Å². The fraction of sp³-hybridized carbons (Fsp3) is 0.364. The van der Waals surface area contributed by atoms with E-state index in [2.05, 4.69) is 0 Å². The highest BCUT2D eigenvalue weighted by Crippen LogP contribution is 2.29. The summed E-state index contributed by atoms with van der Waals surface area (Å²) in [5.74, 6) is -0.539. The smallest absolute Gasteiger partial charge is 0.234 e. The van der Waals surface area contributed by atoms with E-state index in [0.29, 0.717) is 26.3 Å². The van der Waals surface area contributed by atoms with Crippen LogP contribution in [0.3, 0.4) is 0 Å². The largest absolute Gasteiger partial charge is 0.378 e. The molecule has 5 nitrogen and oxygen atoms in total. The molecule has 2 atom stereocenters. The lowest BCUT2D eigenvalue weighted by Gasteiger charge is -2.32. The fourth-order valence-electron chi connectivity index (χ4n) is 4.03. The molecule has 0 spiro atoms. The molecule has 2 fully saturated rings. The SMILES string of the molecule is CN1C(=O)[C@H]2COC[C@@H]1CN(C(=O)C(c1ccccc1)c1ccccc1)C2. The first kappa shape index (κ1) is 17.7. The van der Waals surface area contributed by atoms with Gasteiger partial charge in [0, 0.05) is 20.1 Å². The number of rotatable bonds is 3. The van der Waals surface area contributed by atoms with Crippen LogP contribution in [-0.4, -0.2) is 61.0 Å². The standard InChI is InChI=1S/C22H24N2O3/c1-23-19-13-24(12-18(21(23)25)14-27-15-19)22(26)20(16-8-4-2-5-9-16)17-10-6-3-7-11-17/h2-11,18-20H,12-15H2,1H3/t18-,19+/m1/s1. The Labute approximate surface area is 159 Å². The molecule has 5 heteroatoms. The van der Waals surface area contributed by atoms with Crippen molar-refractivity contribution in [1.82, 2.24) is 9.80 Å². The molecule has 0 N–H and O–H groups in total. The maximum Gasteiger partial charge on any atom is 0.234 e. The summed E-state index contributed by atoms with van der Waals surface area (Å²) in [6.07, 6.45) is 0. The van der Waals surface area contributed by atoms with Gasteiger partial charge in [-0.3, -0.25) is 9.59 Å². The Kier molecular flexibility index (Phi) is 4.94. The average molecular weight is 364 g/mol. The van der Waals surface area contributed by atoms with Gasteiger partial charge < -0.3 is 14.5 Å². The van der Waals surface area contributed by atoms with Crippen molar-refractivity contribution in [1.29, 1.82) is 0 Å². The predicted molar refractivity (Wildman–Crippen MR) is 102 cm³/mol. The zero-order valence-electron chi connectivity index (χ0n) is 15.5. The van der Waals surface area contributed by atoms with Crippen molar-refractivity contribution in [2.75, 3.05) is 33.4 Å². The topological polar surface area (TPSA) is 49.9 Å². The molecule has 2 bridgehead atoms. The minimum absolute atomic E-state index is 0.0485. The van der Waals surface area contributed by atoms with E-state index in [1.807, 2.05) is 72.6 Å². The second kappa shape index (κ2) is 7.53. The van der Waals surface area contributed by atoms with Crippen LogP contribution in [0.2, 0.25) is 0 Å². The molecule has 27 heavy (non-hydrogen) atoms. The van der Waals surface area contributed by atoms with E-state index in [0.717, 1.165) is 11.1 Å². The van der Waals surface area contributed by atoms with Gasteiger partial charge in [0.1, 0.15) is 0 Å². The summed E-state index contributed by atoms with van der Waals surface area (Å²) in [6, 6.07) is 19.6. The van der Waals surface area contributed by atoms with E-state index in [4.69, 9.17) is 4.74 Å². The number of hydrogen-bond acceptors (Lipinski definition) is 3. The highest BCUT2D eigenvalue weighted by atomic mass is 16.5. The van der Waals surface area contributed by atoms with E-state index in [1.165, 1.54) is 0 Å². The number of hydrogen-bond donors (Lipinski definition) is 0. The summed E-state index contributed by atoms with van der Waals surface area (Å²) in [6.45, 7) is 1.77. The van der Waals surface area contributed by atoms with Gasteiger partial charge in [-0.1, -0.05) is 60.7 Å². The monoisotopic (exact) mass is 364 g/mol. The number of carbonyl (C=O) groups is 2. The highest BCUT2D eigenvalue weighted by molar-refractivity contribution is 5.88. The van der Waals surface area contributed by atoms with Gasteiger partial charge in [0.05, 0.1) is 31.1 Å². The molecular formula is C22H24N2O3. The maximum atomic E-state index is 13.7. The third kappa shape index (κ3) is 3.47. The summed E-state index contributed by atoms with van der Waals surface area (Å²) in [4.78, 5) is 29.9. The Morgan fingerprint density at radius 2 is 1.56 bits per heavy atom. The van der Waals surface area contributed by atoms with Gasteiger partial charge in [-0.2, -0.15) is 0 Å². The minimum atomic E-state index is -0.368. The summed E-state index contributed by atoms with van der Waals surface area (Å²) in [5.41, 5.74) is 1.94. The number of ether oxygens (including phenoxy) is 1. The van der Waals surface area contributed by atoms with Crippen LogP contribution in [0.4, 0.5) is 0 Å². The maximum absolute atomic E-state index is 13.7. The van der Waals surface area contributed by atoms with Crippen molar-refractivity contribution in [3.63, 3.8) is 0 Å². The molecule has 2 amide bonds. The molecule has 2 aliphatic heterocycles. The molecule has 4 rings (SSSR count). The van der Waals surface area contributed by atoms with Crippen molar-refractivity contribution in [3.8, 4) is 0 Å². The highest BCUT2D eigenvalue weighted by Gasteiger charge is 2.40. The molecule has 0 aliphatic carbocycles. The third-order valence-corrected chi connectivity index (χ3v) is 5.57. The fourth-order valence-corrected chi connectivity index (χ4v) is 4.03. The normalized spacial score (nSPS) is 22.7. The van der Waals surface area contributed by atoms with Gasteiger partial charge in [0.25, 0.3) is 0 Å². The zero-order chi connectivity index (χ0) is 18.8. The molecule has 0 aromatic heterocycles. The second-order valence-electron chi connectivity index (χ2n) is 7.33. The molecular weight excluding hydrogens is 340 g/mol. The number of amides is 2. The zero-order valence-corrected chi connectivity index (χ0v) is 15.5. The lowest BCUT2D eigenvalue weighted by Crippen LogP contribution is -2.46. The van der Waals surface area contributed by atoms with Crippen LogP contribution in [0.25, 0.3) is 0 Å². The van der Waals surface area contributed by atoms with Crippen molar-refractivity contribution in [2.45, 2.75) is 12.0 Å². The Morgan fingerprint density at radius 3 is 2.15 bits per heavy atom. The van der Waals surface area contributed by atoms with E-state index < -0.39 is 0 Å². The van der Waals surface area contributed by atoms with Crippen LogP contribution in [0.15, 0.2) is 60.7 Å². The van der Waals surface area contributed by atoms with Gasteiger partial charge in [-0.25, -0.2) is 0 Å². The first-order valence-corrected chi connectivity index (χ1v) is 9.38. The third-order valence-electron chi connectivity index (χ3n) is 5.57. The molecule has 2 heterocycles. The predicted octanol–water partition coefficient (Wildman–Crippen LogP) is 2.13. The number of carbonyl (C=O) groups excluding carboxylic acids is 2. The summed E-state index contributed by atoms with van der Waals surface area (Å²) >= 11 is 0. The number of benzene rings is 2. The summed E-state index contributed by atoms with van der Waals surface area (Å²) in [5, 5.41) is 0. The van der Waals surface area contributed by atoms with Crippen molar-refractivity contribution < 1.29 is 14.3 Å². The molecule has 0 radical (unpaired) electrons. The molecule has 140 valence electrons. The molecule has 0 unspecified atom stereocenters. The molecule has 2 aromatic rings. The lowest BCUT2D eigenvalue weighted by molar-refractivity contribution is -0.135. The Morgan fingerprint density at radius 1 is 0.963 bits per heavy atom. The molecule has 2 aliphatic rings. The minimum Gasteiger partial charge on any atom is -0.378 e. The first-order valence-electron chi connectivity index (χ1n) is 9.38. The van der Waals surface area contributed by atoms with Gasteiger partial charge in [0.2, 0.25) is 11.8 Å². The summed E-state index contributed by atoms with van der Waals surface area (Å²) in [7, 11) is 1.81.